The van der Waals surface area contributed by atoms with Crippen LogP contribution in [0.2, 0.25) is 5.02 Å². The first-order valence-electron chi connectivity index (χ1n) is 10.0. The number of nitrogen functional groups attached to an aromatic ring is 1. The number of sulfonamides is 1. The van der Waals surface area contributed by atoms with E-state index < -0.39 is 44.7 Å². The van der Waals surface area contributed by atoms with Gasteiger partial charge < -0.3 is 10.5 Å². The Morgan fingerprint density at radius 3 is 2.31 bits per heavy atom. The Bertz CT molecular complexity index is 1540. The van der Waals surface area contributed by atoms with Crippen molar-refractivity contribution in [3.63, 3.8) is 0 Å². The van der Waals surface area contributed by atoms with Crippen molar-refractivity contribution in [2.24, 2.45) is 14.1 Å². The van der Waals surface area contributed by atoms with Crippen LogP contribution in [0.4, 0.5) is 11.5 Å². The van der Waals surface area contributed by atoms with E-state index >= 15 is 0 Å². The Morgan fingerprint density at radius 1 is 1.06 bits per heavy atom. The van der Waals surface area contributed by atoms with E-state index in [1.54, 1.807) is 0 Å². The van der Waals surface area contributed by atoms with Crippen molar-refractivity contribution >= 4 is 44.9 Å². The molecule has 35 heavy (non-hydrogen) atoms. The second kappa shape index (κ2) is 9.76. The van der Waals surface area contributed by atoms with E-state index in [2.05, 4.69) is 4.72 Å². The molecule has 0 aliphatic rings. The number of nitrogens with two attached hydrogens (primary N) is 1. The average molecular weight is 521 g/mol. The molecule has 1 aromatic heterocycles. The molecule has 3 aromatic rings. The number of hydrogen-bond acceptors (Lipinski definition) is 8. The molecule has 0 amide bonds. The number of carbonyl (C=O) groups excluding carboxylic acids is 2. The van der Waals surface area contributed by atoms with Crippen molar-refractivity contribution in [3.8, 4) is 0 Å². The van der Waals surface area contributed by atoms with Gasteiger partial charge in [-0.1, -0.05) is 17.7 Å². The highest BCUT2D eigenvalue weighted by atomic mass is 35.5. The van der Waals surface area contributed by atoms with E-state index in [1.807, 2.05) is 0 Å². The largest absolute Gasteiger partial charge is 0.451 e. The summed E-state index contributed by atoms with van der Waals surface area (Å²) in [4.78, 5) is 49.6. The van der Waals surface area contributed by atoms with E-state index in [4.69, 9.17) is 22.1 Å². The van der Waals surface area contributed by atoms with Crippen molar-refractivity contribution in [2.75, 3.05) is 10.5 Å². The van der Waals surface area contributed by atoms with Crippen LogP contribution in [0.15, 0.2) is 63.0 Å². The summed E-state index contributed by atoms with van der Waals surface area (Å²) in [6.45, 7) is 1.23. The highest BCUT2D eigenvalue weighted by Crippen LogP contribution is 2.20. The first kappa shape index (κ1) is 25.7. The number of benzene rings is 2. The van der Waals surface area contributed by atoms with Gasteiger partial charge in [-0.2, -0.15) is 0 Å². The lowest BCUT2D eigenvalue weighted by Gasteiger charge is -2.15. The van der Waals surface area contributed by atoms with Crippen LogP contribution in [-0.2, 0) is 28.9 Å². The zero-order chi connectivity index (χ0) is 26.1. The van der Waals surface area contributed by atoms with Gasteiger partial charge in [0.25, 0.3) is 15.6 Å². The molecule has 1 heterocycles. The van der Waals surface area contributed by atoms with Crippen molar-refractivity contribution < 1.29 is 22.7 Å². The number of halogens is 1. The molecular weight excluding hydrogens is 500 g/mol. The average Bonchev–Trinajstić information content (AvgIpc) is 2.82. The maximum atomic E-state index is 12.8. The van der Waals surface area contributed by atoms with Crippen molar-refractivity contribution in [1.29, 1.82) is 0 Å². The minimum Gasteiger partial charge on any atom is -0.451 e. The number of nitrogens with zero attached hydrogens (tertiary/aromatic N) is 2. The van der Waals surface area contributed by atoms with Gasteiger partial charge in [-0.3, -0.25) is 23.4 Å². The molecule has 0 radical (unpaired) electrons. The molecule has 0 aliphatic carbocycles. The fourth-order valence-corrected chi connectivity index (χ4v) is 4.33. The molecule has 3 rings (SSSR count). The number of hydrogen-bond donors (Lipinski definition) is 2. The highest BCUT2D eigenvalue weighted by molar-refractivity contribution is 7.92. The summed E-state index contributed by atoms with van der Waals surface area (Å²) in [5.41, 5.74) is 3.74. The summed E-state index contributed by atoms with van der Waals surface area (Å²) >= 11 is 5.80. The van der Waals surface area contributed by atoms with E-state index in [-0.39, 0.29) is 22.0 Å². The standard InChI is InChI=1S/C22H21ClN4O7S/c1-12(18(28)17-19(24)26(2)22(31)27(3)20(17)29)34-21(30)13-5-4-6-16(11-13)35(32,33)25-15-9-7-14(23)8-10-15/h4-12,25H,24H2,1-3H3. The fraction of sp³-hybridized carbons (Fsp3) is 0.182. The lowest BCUT2D eigenvalue weighted by molar-refractivity contribution is 0.0318. The summed E-state index contributed by atoms with van der Waals surface area (Å²) in [6.07, 6.45) is -1.46. The second-order valence-electron chi connectivity index (χ2n) is 7.52. The third-order valence-corrected chi connectivity index (χ3v) is 6.72. The van der Waals surface area contributed by atoms with Crippen LogP contribution >= 0.6 is 11.6 Å². The first-order valence-corrected chi connectivity index (χ1v) is 11.9. The molecule has 11 nitrogen and oxygen atoms in total. The van der Waals surface area contributed by atoms with E-state index in [9.17, 15) is 27.6 Å². The Labute approximate surface area is 204 Å². The quantitative estimate of drug-likeness (QED) is 0.350. The summed E-state index contributed by atoms with van der Waals surface area (Å²) in [7, 11) is -1.59. The number of ketones is 1. The minimum atomic E-state index is -4.06. The molecule has 0 spiro atoms. The zero-order valence-corrected chi connectivity index (χ0v) is 20.4. The Balaban J connectivity index is 1.83. The van der Waals surface area contributed by atoms with Gasteiger partial charge in [-0.15, -0.1) is 0 Å². The van der Waals surface area contributed by atoms with Gasteiger partial charge >= 0.3 is 11.7 Å². The monoisotopic (exact) mass is 520 g/mol. The molecule has 184 valence electrons. The van der Waals surface area contributed by atoms with Crippen LogP contribution in [0, 0.1) is 0 Å². The van der Waals surface area contributed by atoms with Gasteiger partial charge in [0.15, 0.2) is 6.10 Å². The van der Waals surface area contributed by atoms with Crippen LogP contribution in [0.25, 0.3) is 0 Å². The number of ether oxygens (including phenoxy) is 1. The van der Waals surface area contributed by atoms with Gasteiger partial charge in [0, 0.05) is 24.8 Å². The van der Waals surface area contributed by atoms with Crippen LogP contribution in [-0.4, -0.2) is 35.4 Å². The van der Waals surface area contributed by atoms with Crippen molar-refractivity contribution in [2.45, 2.75) is 17.9 Å². The normalized spacial score (nSPS) is 12.1. The van der Waals surface area contributed by atoms with Crippen LogP contribution in [0.1, 0.15) is 27.6 Å². The van der Waals surface area contributed by atoms with Crippen LogP contribution in [0.5, 0.6) is 0 Å². The third-order valence-electron chi connectivity index (χ3n) is 5.09. The number of anilines is 2. The lowest BCUT2D eigenvalue weighted by Crippen LogP contribution is -2.43. The maximum Gasteiger partial charge on any atom is 0.338 e. The first-order chi connectivity index (χ1) is 16.3. The van der Waals surface area contributed by atoms with E-state index in [0.717, 1.165) is 10.6 Å². The van der Waals surface area contributed by atoms with Gasteiger partial charge in [0.05, 0.1) is 10.5 Å². The number of aromatic nitrogens is 2. The van der Waals surface area contributed by atoms with Crippen molar-refractivity contribution in [1.82, 2.24) is 9.13 Å². The minimum absolute atomic E-state index is 0.148. The van der Waals surface area contributed by atoms with Crippen LogP contribution < -0.4 is 21.7 Å². The molecule has 13 heteroatoms. The Kier molecular flexibility index (Phi) is 7.17. The van der Waals surface area contributed by atoms with Gasteiger partial charge in [0.1, 0.15) is 11.4 Å². The second-order valence-corrected chi connectivity index (χ2v) is 9.64. The van der Waals surface area contributed by atoms with Gasteiger partial charge in [-0.25, -0.2) is 18.0 Å². The molecule has 1 unspecified atom stereocenters. The fourth-order valence-electron chi connectivity index (χ4n) is 3.10. The number of nitrogens with one attached hydrogen (secondary N) is 1. The predicted octanol–water partition coefficient (Wildman–Crippen LogP) is 1.55. The summed E-state index contributed by atoms with van der Waals surface area (Å²) in [5.74, 6) is -2.29. The number of carbonyl (C=O) groups is 2. The van der Waals surface area contributed by atoms with E-state index in [0.29, 0.717) is 9.59 Å². The summed E-state index contributed by atoms with van der Waals surface area (Å²) in [6, 6.07) is 11.0. The molecule has 3 N–H and O–H groups in total. The molecule has 0 fully saturated rings. The molecule has 0 aliphatic heterocycles. The number of Topliss-reactive ketones (excluding diaryl/α,β-unsaturated/α-hetero) is 1. The Hall–Kier alpha value is -3.90. The third kappa shape index (κ3) is 5.28. The topological polar surface area (TPSA) is 160 Å². The molecule has 2 aromatic carbocycles. The smallest absolute Gasteiger partial charge is 0.338 e. The summed E-state index contributed by atoms with van der Waals surface area (Å²) < 4.78 is 34.6. The highest BCUT2D eigenvalue weighted by Gasteiger charge is 2.28. The molecule has 0 saturated carbocycles. The number of rotatable bonds is 7. The van der Waals surface area contributed by atoms with Crippen molar-refractivity contribution in [3.05, 3.63) is 85.5 Å². The Morgan fingerprint density at radius 2 is 1.69 bits per heavy atom. The zero-order valence-electron chi connectivity index (χ0n) is 18.8. The predicted molar refractivity (Wildman–Crippen MR) is 129 cm³/mol. The van der Waals surface area contributed by atoms with E-state index in [1.165, 1.54) is 63.5 Å². The SMILES string of the molecule is CC(OC(=O)c1cccc(S(=O)(=O)Nc2ccc(Cl)cc2)c1)C(=O)c1c(N)n(C)c(=O)n(C)c1=O. The van der Waals surface area contributed by atoms with Gasteiger partial charge in [-0.05, 0) is 49.4 Å². The van der Waals surface area contributed by atoms with Gasteiger partial charge in [0.2, 0.25) is 5.78 Å². The number of esters is 1. The molecule has 1 atom stereocenters. The summed E-state index contributed by atoms with van der Waals surface area (Å²) in [5, 5.41) is 0.429. The molecule has 0 saturated heterocycles. The molecule has 0 bridgehead atoms. The maximum absolute atomic E-state index is 12.8. The lowest BCUT2D eigenvalue weighted by atomic mass is 10.1. The molecular formula is C22H21ClN4O7S. The van der Waals surface area contributed by atoms with Crippen LogP contribution in [0.3, 0.4) is 0 Å².